The monoisotopic (exact) mass is 354 g/mol. The van der Waals surface area contributed by atoms with Gasteiger partial charge in [0.05, 0.1) is 19.8 Å². The van der Waals surface area contributed by atoms with Gasteiger partial charge in [-0.2, -0.15) is 0 Å². The number of carbonyl (C=O) groups is 2. The van der Waals surface area contributed by atoms with E-state index in [0.717, 1.165) is 18.5 Å². The predicted octanol–water partition coefficient (Wildman–Crippen LogP) is 2.86. The lowest BCUT2D eigenvalue weighted by Gasteiger charge is -2.28. The van der Waals surface area contributed by atoms with E-state index in [2.05, 4.69) is 5.32 Å². The summed E-state index contributed by atoms with van der Waals surface area (Å²) in [4.78, 5) is 26.1. The van der Waals surface area contributed by atoms with Crippen molar-refractivity contribution >= 4 is 17.5 Å². The number of hydrogen-bond acceptors (Lipinski definition) is 4. The fourth-order valence-corrected chi connectivity index (χ4v) is 3.17. The number of hydrogen-bond donors (Lipinski definition) is 1. The molecule has 2 aromatic carbocycles. The highest BCUT2D eigenvalue weighted by atomic mass is 16.5. The van der Waals surface area contributed by atoms with Crippen molar-refractivity contribution in [1.82, 2.24) is 4.90 Å². The summed E-state index contributed by atoms with van der Waals surface area (Å²) in [6.07, 6.45) is 0.826. The summed E-state index contributed by atoms with van der Waals surface area (Å²) in [6, 6.07) is 11.0. The van der Waals surface area contributed by atoms with Gasteiger partial charge in [-0.25, -0.2) is 0 Å². The first kappa shape index (κ1) is 17.8. The first-order valence-corrected chi connectivity index (χ1v) is 8.43. The van der Waals surface area contributed by atoms with Crippen LogP contribution in [-0.4, -0.2) is 37.5 Å². The standard InChI is InChI=1S/C20H22N2O4/c1-13(23)22-10-9-14-7-8-16(11-15(14)12-22)21-20(24)17-5-4-6-18(25-2)19(17)26-3/h4-8,11H,9-10,12H2,1-3H3,(H,21,24). The summed E-state index contributed by atoms with van der Waals surface area (Å²) in [5.41, 5.74) is 3.35. The van der Waals surface area contributed by atoms with Crippen LogP contribution in [0.4, 0.5) is 5.69 Å². The average molecular weight is 354 g/mol. The minimum atomic E-state index is -0.278. The molecule has 0 fully saturated rings. The van der Waals surface area contributed by atoms with Gasteiger partial charge in [0.25, 0.3) is 5.91 Å². The highest BCUT2D eigenvalue weighted by Gasteiger charge is 2.20. The van der Waals surface area contributed by atoms with Gasteiger partial charge >= 0.3 is 0 Å². The maximum absolute atomic E-state index is 12.7. The van der Waals surface area contributed by atoms with Crippen LogP contribution in [0, 0.1) is 0 Å². The first-order chi connectivity index (χ1) is 12.5. The Hall–Kier alpha value is -3.02. The molecule has 1 N–H and O–H groups in total. The van der Waals surface area contributed by atoms with Crippen LogP contribution in [0.2, 0.25) is 0 Å². The Kier molecular flexibility index (Phi) is 5.11. The van der Waals surface area contributed by atoms with Gasteiger partial charge in [0.15, 0.2) is 11.5 Å². The van der Waals surface area contributed by atoms with Crippen LogP contribution >= 0.6 is 0 Å². The van der Waals surface area contributed by atoms with E-state index in [9.17, 15) is 9.59 Å². The minimum absolute atomic E-state index is 0.0613. The number of nitrogens with one attached hydrogen (secondary N) is 1. The van der Waals surface area contributed by atoms with E-state index >= 15 is 0 Å². The highest BCUT2D eigenvalue weighted by Crippen LogP contribution is 2.31. The molecule has 6 nitrogen and oxygen atoms in total. The van der Waals surface area contributed by atoms with Crippen LogP contribution in [0.15, 0.2) is 36.4 Å². The third-order valence-electron chi connectivity index (χ3n) is 4.57. The van der Waals surface area contributed by atoms with Crippen molar-refractivity contribution in [2.24, 2.45) is 0 Å². The normalized spacial score (nSPS) is 13.0. The largest absolute Gasteiger partial charge is 0.493 e. The van der Waals surface area contributed by atoms with Crippen molar-refractivity contribution in [2.75, 3.05) is 26.1 Å². The molecule has 0 unspecified atom stereocenters. The summed E-state index contributed by atoms with van der Waals surface area (Å²) in [5.74, 6) is 0.682. The second-order valence-corrected chi connectivity index (χ2v) is 6.17. The van der Waals surface area contributed by atoms with Crippen LogP contribution in [0.1, 0.15) is 28.4 Å². The molecule has 1 heterocycles. The molecule has 6 heteroatoms. The van der Waals surface area contributed by atoms with Gasteiger partial charge in [-0.3, -0.25) is 9.59 Å². The lowest BCUT2D eigenvalue weighted by Crippen LogP contribution is -2.34. The van der Waals surface area contributed by atoms with Crippen LogP contribution in [-0.2, 0) is 17.8 Å². The number of carbonyl (C=O) groups excluding carboxylic acids is 2. The SMILES string of the molecule is COc1cccc(C(=O)Nc2ccc3c(c2)CN(C(C)=O)CC3)c1OC. The molecule has 3 rings (SSSR count). The zero-order valence-corrected chi connectivity index (χ0v) is 15.2. The molecule has 0 radical (unpaired) electrons. The average Bonchev–Trinajstić information content (AvgIpc) is 2.66. The Morgan fingerprint density at radius 2 is 1.88 bits per heavy atom. The number of rotatable bonds is 4. The molecular weight excluding hydrogens is 332 g/mol. The van der Waals surface area contributed by atoms with Gasteiger partial charge in [-0.05, 0) is 41.8 Å². The van der Waals surface area contributed by atoms with Crippen molar-refractivity contribution in [3.05, 3.63) is 53.1 Å². The lowest BCUT2D eigenvalue weighted by atomic mass is 9.99. The second kappa shape index (κ2) is 7.47. The number of fused-ring (bicyclic) bond motifs is 1. The summed E-state index contributed by atoms with van der Waals surface area (Å²) in [6.45, 7) is 2.87. The number of methoxy groups -OCH3 is 2. The fourth-order valence-electron chi connectivity index (χ4n) is 3.17. The molecule has 0 spiro atoms. The molecule has 136 valence electrons. The van der Waals surface area contributed by atoms with E-state index in [4.69, 9.17) is 9.47 Å². The van der Waals surface area contributed by atoms with Gasteiger partial charge in [-0.15, -0.1) is 0 Å². The van der Waals surface area contributed by atoms with Gasteiger partial charge < -0.3 is 19.7 Å². The van der Waals surface area contributed by atoms with E-state index in [1.165, 1.54) is 19.8 Å². The van der Waals surface area contributed by atoms with E-state index in [1.54, 1.807) is 30.0 Å². The Labute approximate surface area is 152 Å². The van der Waals surface area contributed by atoms with Crippen molar-refractivity contribution in [2.45, 2.75) is 19.9 Å². The van der Waals surface area contributed by atoms with E-state index < -0.39 is 0 Å². The molecule has 0 bridgehead atoms. The topological polar surface area (TPSA) is 67.9 Å². The zero-order chi connectivity index (χ0) is 18.7. The molecule has 1 aliphatic rings. The summed E-state index contributed by atoms with van der Waals surface area (Å²) >= 11 is 0. The van der Waals surface area contributed by atoms with Gasteiger partial charge in [-0.1, -0.05) is 12.1 Å². The van der Waals surface area contributed by atoms with Crippen LogP contribution < -0.4 is 14.8 Å². The quantitative estimate of drug-likeness (QED) is 0.917. The smallest absolute Gasteiger partial charge is 0.259 e. The van der Waals surface area contributed by atoms with Crippen molar-refractivity contribution < 1.29 is 19.1 Å². The first-order valence-electron chi connectivity index (χ1n) is 8.43. The molecule has 2 amide bonds. The molecule has 0 atom stereocenters. The number of ether oxygens (including phenoxy) is 2. The zero-order valence-electron chi connectivity index (χ0n) is 15.2. The van der Waals surface area contributed by atoms with E-state index in [-0.39, 0.29) is 11.8 Å². The molecule has 1 aliphatic heterocycles. The lowest BCUT2D eigenvalue weighted by molar-refractivity contribution is -0.129. The molecule has 0 aliphatic carbocycles. The maximum atomic E-state index is 12.7. The van der Waals surface area contributed by atoms with E-state index in [0.29, 0.717) is 29.3 Å². The molecule has 2 aromatic rings. The number of anilines is 1. The Balaban J connectivity index is 1.83. The molecule has 0 saturated carbocycles. The van der Waals surface area contributed by atoms with Crippen LogP contribution in [0.5, 0.6) is 11.5 Å². The van der Waals surface area contributed by atoms with Crippen molar-refractivity contribution in [3.8, 4) is 11.5 Å². The Bertz CT molecular complexity index is 848. The number of benzene rings is 2. The number of amides is 2. The summed E-state index contributed by atoms with van der Waals surface area (Å²) in [5, 5.41) is 2.90. The molecular formula is C20H22N2O4. The Morgan fingerprint density at radius 1 is 1.08 bits per heavy atom. The number of para-hydroxylation sites is 1. The molecule has 0 saturated heterocycles. The third-order valence-corrected chi connectivity index (χ3v) is 4.57. The molecule has 0 aromatic heterocycles. The van der Waals surface area contributed by atoms with Crippen molar-refractivity contribution in [1.29, 1.82) is 0 Å². The number of nitrogens with zero attached hydrogens (tertiary/aromatic N) is 1. The van der Waals surface area contributed by atoms with E-state index in [1.807, 2.05) is 18.2 Å². The summed E-state index contributed by atoms with van der Waals surface area (Å²) in [7, 11) is 3.04. The highest BCUT2D eigenvalue weighted by molar-refractivity contribution is 6.06. The van der Waals surface area contributed by atoms with Crippen LogP contribution in [0.3, 0.4) is 0 Å². The third kappa shape index (κ3) is 3.49. The fraction of sp³-hybridized carbons (Fsp3) is 0.300. The van der Waals surface area contributed by atoms with Gasteiger partial charge in [0.2, 0.25) is 5.91 Å². The summed E-state index contributed by atoms with van der Waals surface area (Å²) < 4.78 is 10.6. The minimum Gasteiger partial charge on any atom is -0.493 e. The van der Waals surface area contributed by atoms with Gasteiger partial charge in [0, 0.05) is 25.7 Å². The van der Waals surface area contributed by atoms with Gasteiger partial charge in [0.1, 0.15) is 0 Å². The van der Waals surface area contributed by atoms with Crippen LogP contribution in [0.25, 0.3) is 0 Å². The van der Waals surface area contributed by atoms with Crippen molar-refractivity contribution in [3.63, 3.8) is 0 Å². The Morgan fingerprint density at radius 3 is 2.58 bits per heavy atom. The maximum Gasteiger partial charge on any atom is 0.259 e. The molecule has 26 heavy (non-hydrogen) atoms. The second-order valence-electron chi connectivity index (χ2n) is 6.17. The predicted molar refractivity (Wildman–Crippen MR) is 98.7 cm³/mol.